The summed E-state index contributed by atoms with van der Waals surface area (Å²) in [6, 6.07) is 13.3. The number of fused-ring (bicyclic) bond motifs is 2. The van der Waals surface area contributed by atoms with E-state index in [9.17, 15) is 0 Å². The Hall–Kier alpha value is -2.24. The quantitative estimate of drug-likeness (QED) is 0.485. The summed E-state index contributed by atoms with van der Waals surface area (Å²) in [6.45, 7) is 3.05. The topological polar surface area (TPSA) is 37.2 Å². The first-order valence-corrected chi connectivity index (χ1v) is 11.4. The number of pyridine rings is 1. The van der Waals surface area contributed by atoms with E-state index in [0.717, 1.165) is 31.6 Å². The smallest absolute Gasteiger partial charge is 0.124 e. The number of hydrogen-bond acceptors (Lipinski definition) is 4. The third-order valence-electron chi connectivity index (χ3n) is 6.31. The van der Waals surface area contributed by atoms with Gasteiger partial charge in [-0.3, -0.25) is 9.88 Å². The number of aromatic nitrogens is 3. The summed E-state index contributed by atoms with van der Waals surface area (Å²) in [5, 5.41) is 0. The Morgan fingerprint density at radius 3 is 2.77 bits per heavy atom. The monoisotopic (exact) mass is 405 g/mol. The van der Waals surface area contributed by atoms with Crippen molar-refractivity contribution in [2.24, 2.45) is 0 Å². The van der Waals surface area contributed by atoms with E-state index in [0.29, 0.717) is 6.04 Å². The number of unbranched alkanes of at least 4 members (excludes halogenated alkanes) is 2. The van der Waals surface area contributed by atoms with Crippen LogP contribution in [0.3, 0.4) is 0 Å². The van der Waals surface area contributed by atoms with Gasteiger partial charge in [-0.1, -0.05) is 24.6 Å². The number of hydrogen-bond donors (Lipinski definition) is 0. The molecular weight excluding hydrogens is 370 g/mol. The van der Waals surface area contributed by atoms with Crippen LogP contribution in [0.5, 0.6) is 0 Å². The van der Waals surface area contributed by atoms with Crippen LogP contribution in [0, 0.1) is 0 Å². The fourth-order valence-corrected chi connectivity index (χ4v) is 4.72. The average molecular weight is 406 g/mol. The molecule has 1 aromatic carbocycles. The molecule has 0 saturated carbocycles. The molecule has 3 aromatic rings. The Bertz CT molecular complexity index is 961. The number of benzene rings is 1. The number of aryl methyl sites for hydroxylation is 2. The van der Waals surface area contributed by atoms with Gasteiger partial charge in [-0.15, -0.1) is 0 Å². The summed E-state index contributed by atoms with van der Waals surface area (Å²) in [4.78, 5) is 14.5. The second kappa shape index (κ2) is 9.71. The van der Waals surface area contributed by atoms with Crippen LogP contribution in [-0.4, -0.2) is 52.0 Å². The first-order chi connectivity index (χ1) is 14.6. The van der Waals surface area contributed by atoms with Crippen LogP contribution in [0.4, 0.5) is 0 Å². The van der Waals surface area contributed by atoms with Crippen LogP contribution in [0.1, 0.15) is 55.2 Å². The Morgan fingerprint density at radius 2 is 1.90 bits per heavy atom. The molecule has 0 fully saturated rings. The maximum absolute atomic E-state index is 5.02. The number of rotatable bonds is 9. The lowest BCUT2D eigenvalue weighted by atomic mass is 9.91. The molecule has 1 aliphatic carbocycles. The molecule has 2 heterocycles. The van der Waals surface area contributed by atoms with Crippen molar-refractivity contribution in [1.82, 2.24) is 24.3 Å². The summed E-state index contributed by atoms with van der Waals surface area (Å²) in [5.74, 6) is 1.18. The highest BCUT2D eigenvalue weighted by atomic mass is 15.2. The van der Waals surface area contributed by atoms with Gasteiger partial charge in [0.2, 0.25) is 0 Å². The van der Waals surface area contributed by atoms with E-state index in [1.54, 1.807) is 0 Å². The predicted octanol–water partition coefficient (Wildman–Crippen LogP) is 4.67. The van der Waals surface area contributed by atoms with Gasteiger partial charge in [0.25, 0.3) is 0 Å². The van der Waals surface area contributed by atoms with Crippen LogP contribution in [0.15, 0.2) is 42.6 Å². The molecule has 4 rings (SSSR count). The molecule has 0 spiro atoms. The molecule has 0 saturated heterocycles. The molecule has 5 heteroatoms. The summed E-state index contributed by atoms with van der Waals surface area (Å²) in [7, 11) is 6.53. The van der Waals surface area contributed by atoms with E-state index < -0.39 is 0 Å². The lowest BCUT2D eigenvalue weighted by Crippen LogP contribution is -2.29. The second-order valence-corrected chi connectivity index (χ2v) is 8.90. The molecule has 160 valence electrons. The SMILES string of the molecule is CN(C)CCCCCn1c(CN(C)C2CCCc3cccnc32)nc2ccccc21. The first-order valence-electron chi connectivity index (χ1n) is 11.4. The molecule has 0 amide bonds. The van der Waals surface area contributed by atoms with Gasteiger partial charge in [-0.2, -0.15) is 0 Å². The van der Waals surface area contributed by atoms with Crippen molar-refractivity contribution in [3.05, 3.63) is 59.7 Å². The maximum Gasteiger partial charge on any atom is 0.124 e. The Kier molecular flexibility index (Phi) is 6.80. The van der Waals surface area contributed by atoms with Gasteiger partial charge < -0.3 is 9.47 Å². The second-order valence-electron chi connectivity index (χ2n) is 8.90. The molecular formula is C25H35N5. The molecule has 5 nitrogen and oxygen atoms in total. The zero-order valence-corrected chi connectivity index (χ0v) is 18.7. The first kappa shape index (κ1) is 21.0. The van der Waals surface area contributed by atoms with E-state index in [1.165, 1.54) is 54.7 Å². The zero-order valence-electron chi connectivity index (χ0n) is 18.7. The average Bonchev–Trinajstić information content (AvgIpc) is 3.10. The molecule has 0 bridgehead atoms. The van der Waals surface area contributed by atoms with E-state index in [4.69, 9.17) is 9.97 Å². The standard InChI is InChI=1S/C25H35N5/c1-28(2)17-7-4-8-18-30-22-14-6-5-13-21(22)27-24(30)19-29(3)23-15-9-11-20-12-10-16-26-25(20)23/h5-6,10,12-14,16,23H,4,7-9,11,15,17-19H2,1-3H3. The lowest BCUT2D eigenvalue weighted by molar-refractivity contribution is 0.201. The number of para-hydroxylation sites is 2. The summed E-state index contributed by atoms with van der Waals surface area (Å²) in [6.07, 6.45) is 9.19. The van der Waals surface area contributed by atoms with Gasteiger partial charge in [-0.05, 0) is 83.6 Å². The van der Waals surface area contributed by atoms with Gasteiger partial charge in [0.05, 0.1) is 29.3 Å². The van der Waals surface area contributed by atoms with Crippen molar-refractivity contribution >= 4 is 11.0 Å². The summed E-state index contributed by atoms with van der Waals surface area (Å²) < 4.78 is 2.45. The minimum absolute atomic E-state index is 0.378. The maximum atomic E-state index is 5.02. The third-order valence-corrected chi connectivity index (χ3v) is 6.31. The minimum Gasteiger partial charge on any atom is -0.327 e. The molecule has 0 aliphatic heterocycles. The van der Waals surface area contributed by atoms with E-state index in [1.807, 2.05) is 6.20 Å². The van der Waals surface area contributed by atoms with Crippen molar-refractivity contribution in [3.63, 3.8) is 0 Å². The van der Waals surface area contributed by atoms with Gasteiger partial charge in [0, 0.05) is 12.7 Å². The van der Waals surface area contributed by atoms with Crippen molar-refractivity contribution in [1.29, 1.82) is 0 Å². The van der Waals surface area contributed by atoms with Crippen molar-refractivity contribution in [2.45, 2.75) is 57.7 Å². The Labute approximate surface area is 180 Å². The zero-order chi connectivity index (χ0) is 20.9. The molecule has 1 aliphatic rings. The summed E-state index contributed by atoms with van der Waals surface area (Å²) >= 11 is 0. The fraction of sp³-hybridized carbons (Fsp3) is 0.520. The highest BCUT2D eigenvalue weighted by Crippen LogP contribution is 2.33. The van der Waals surface area contributed by atoms with E-state index in [-0.39, 0.29) is 0 Å². The van der Waals surface area contributed by atoms with Crippen LogP contribution >= 0.6 is 0 Å². The van der Waals surface area contributed by atoms with Gasteiger partial charge in [-0.25, -0.2) is 4.98 Å². The van der Waals surface area contributed by atoms with Crippen LogP contribution in [0.2, 0.25) is 0 Å². The molecule has 1 unspecified atom stereocenters. The molecule has 1 atom stereocenters. The van der Waals surface area contributed by atoms with E-state index >= 15 is 0 Å². The highest BCUT2D eigenvalue weighted by molar-refractivity contribution is 5.75. The lowest BCUT2D eigenvalue weighted by Gasteiger charge is -2.32. The molecule has 2 aromatic heterocycles. The van der Waals surface area contributed by atoms with Crippen LogP contribution in [0.25, 0.3) is 11.0 Å². The number of imidazole rings is 1. The highest BCUT2D eigenvalue weighted by Gasteiger charge is 2.26. The van der Waals surface area contributed by atoms with Crippen LogP contribution < -0.4 is 0 Å². The third kappa shape index (κ3) is 4.73. The Balaban J connectivity index is 1.51. The molecule has 30 heavy (non-hydrogen) atoms. The fourth-order valence-electron chi connectivity index (χ4n) is 4.72. The minimum atomic E-state index is 0.378. The van der Waals surface area contributed by atoms with Crippen molar-refractivity contribution in [3.8, 4) is 0 Å². The number of nitrogens with zero attached hydrogens (tertiary/aromatic N) is 5. The van der Waals surface area contributed by atoms with Crippen molar-refractivity contribution in [2.75, 3.05) is 27.7 Å². The van der Waals surface area contributed by atoms with Gasteiger partial charge >= 0.3 is 0 Å². The Morgan fingerprint density at radius 1 is 1.03 bits per heavy atom. The van der Waals surface area contributed by atoms with Gasteiger partial charge in [0.15, 0.2) is 0 Å². The van der Waals surface area contributed by atoms with Gasteiger partial charge in [0.1, 0.15) is 5.82 Å². The predicted molar refractivity (Wildman–Crippen MR) is 124 cm³/mol. The summed E-state index contributed by atoms with van der Waals surface area (Å²) in [5.41, 5.74) is 5.04. The van der Waals surface area contributed by atoms with Crippen molar-refractivity contribution < 1.29 is 0 Å². The van der Waals surface area contributed by atoms with Crippen LogP contribution in [-0.2, 0) is 19.5 Å². The largest absolute Gasteiger partial charge is 0.327 e. The normalized spacial score (nSPS) is 16.5. The molecule has 0 N–H and O–H groups in total. The molecule has 0 radical (unpaired) electrons. The van der Waals surface area contributed by atoms with E-state index in [2.05, 4.69) is 71.9 Å².